The molecule has 8 nitrogen and oxygen atoms in total. The lowest BCUT2D eigenvalue weighted by molar-refractivity contribution is -0.308. The van der Waals surface area contributed by atoms with Crippen molar-refractivity contribution < 1.29 is 28.6 Å². The molecule has 0 fully saturated rings. The van der Waals surface area contributed by atoms with Gasteiger partial charge in [-0.3, -0.25) is 9.59 Å². The normalized spacial score (nSPS) is 12.0. The fourth-order valence-electron chi connectivity index (χ4n) is 2.90. The maximum absolute atomic E-state index is 12.9. The zero-order valence-corrected chi connectivity index (χ0v) is 17.2. The number of aliphatic carboxylic acids is 1. The third-order valence-electron chi connectivity index (χ3n) is 4.54. The molecule has 2 N–H and O–H groups in total. The van der Waals surface area contributed by atoms with Gasteiger partial charge in [0.15, 0.2) is 5.76 Å². The highest BCUT2D eigenvalue weighted by molar-refractivity contribution is 6.05. The molecule has 1 atom stereocenters. The topological polar surface area (TPSA) is 121 Å². The smallest absolute Gasteiger partial charge is 0.291 e. The van der Waals surface area contributed by atoms with E-state index < -0.39 is 23.8 Å². The summed E-state index contributed by atoms with van der Waals surface area (Å²) < 4.78 is 10.2. The molecular formula is C24H21N2O6-. The van der Waals surface area contributed by atoms with E-state index in [1.807, 2.05) is 0 Å². The van der Waals surface area contributed by atoms with E-state index in [0.717, 1.165) is 0 Å². The van der Waals surface area contributed by atoms with Crippen LogP contribution in [0, 0.1) is 0 Å². The van der Waals surface area contributed by atoms with Crippen LogP contribution in [-0.4, -0.2) is 30.9 Å². The zero-order chi connectivity index (χ0) is 22.9. The molecule has 3 rings (SSSR count). The van der Waals surface area contributed by atoms with Gasteiger partial charge in [-0.05, 0) is 47.9 Å². The van der Waals surface area contributed by atoms with E-state index in [2.05, 4.69) is 10.6 Å². The number of hydrogen-bond donors (Lipinski definition) is 2. The van der Waals surface area contributed by atoms with Crippen molar-refractivity contribution >= 4 is 23.9 Å². The van der Waals surface area contributed by atoms with Gasteiger partial charge in [-0.1, -0.05) is 42.5 Å². The first-order valence-electron chi connectivity index (χ1n) is 9.72. The summed E-state index contributed by atoms with van der Waals surface area (Å²) in [6.07, 6.45) is 2.77. The van der Waals surface area contributed by atoms with E-state index in [9.17, 15) is 19.5 Å². The van der Waals surface area contributed by atoms with Gasteiger partial charge >= 0.3 is 0 Å². The van der Waals surface area contributed by atoms with E-state index in [0.29, 0.717) is 16.9 Å². The number of carboxylic acids is 1. The summed E-state index contributed by atoms with van der Waals surface area (Å²) in [6, 6.07) is 17.3. The second kappa shape index (κ2) is 10.6. The molecule has 2 aromatic carbocycles. The minimum atomic E-state index is -1.44. The molecule has 0 saturated carbocycles. The number of benzene rings is 2. The molecule has 0 radical (unpaired) electrons. The van der Waals surface area contributed by atoms with Crippen LogP contribution in [0.5, 0.6) is 5.75 Å². The highest BCUT2D eigenvalue weighted by Crippen LogP contribution is 2.14. The van der Waals surface area contributed by atoms with E-state index in [1.165, 1.54) is 31.6 Å². The van der Waals surface area contributed by atoms with Crippen LogP contribution in [0.3, 0.4) is 0 Å². The molecule has 0 aliphatic carbocycles. The standard InChI is InChI=1S/C24H22N2O6/c1-31-18-11-9-17(10-12-18)14-19(25-23(28)21-8-5-13-32-21)22(27)26-20(24(29)30)15-16-6-3-2-4-7-16/h2-14,20H,15H2,1H3,(H,25,28)(H,26,27)(H,29,30)/p-1/b19-14-/t20-/m0/s1. The van der Waals surface area contributed by atoms with Crippen LogP contribution in [0.2, 0.25) is 0 Å². The number of nitrogens with one attached hydrogen (secondary N) is 2. The summed E-state index contributed by atoms with van der Waals surface area (Å²) in [5.41, 5.74) is 1.14. The predicted molar refractivity (Wildman–Crippen MR) is 114 cm³/mol. The van der Waals surface area contributed by atoms with Gasteiger partial charge in [0.05, 0.1) is 25.4 Å². The lowest BCUT2D eigenvalue weighted by atomic mass is 10.1. The predicted octanol–water partition coefficient (Wildman–Crippen LogP) is 1.54. The molecule has 0 aliphatic rings. The Morgan fingerprint density at radius 1 is 1.03 bits per heavy atom. The summed E-state index contributed by atoms with van der Waals surface area (Å²) in [4.78, 5) is 37.0. The Bertz CT molecular complexity index is 1090. The van der Waals surface area contributed by atoms with Crippen LogP contribution in [0.25, 0.3) is 6.08 Å². The van der Waals surface area contributed by atoms with Crippen molar-refractivity contribution in [2.75, 3.05) is 7.11 Å². The van der Waals surface area contributed by atoms with E-state index in [1.54, 1.807) is 54.6 Å². The fourth-order valence-corrected chi connectivity index (χ4v) is 2.90. The van der Waals surface area contributed by atoms with Crippen molar-refractivity contribution in [3.8, 4) is 5.75 Å². The average Bonchev–Trinajstić information content (AvgIpc) is 3.34. The highest BCUT2D eigenvalue weighted by atomic mass is 16.5. The number of carbonyl (C=O) groups is 3. The number of ether oxygens (including phenoxy) is 1. The molecule has 0 bridgehead atoms. The van der Waals surface area contributed by atoms with Crippen molar-refractivity contribution in [1.82, 2.24) is 10.6 Å². The van der Waals surface area contributed by atoms with Crippen LogP contribution < -0.4 is 20.5 Å². The summed E-state index contributed by atoms with van der Waals surface area (Å²) in [6.45, 7) is 0. The number of furan rings is 1. The summed E-state index contributed by atoms with van der Waals surface area (Å²) in [5, 5.41) is 16.5. The first-order chi connectivity index (χ1) is 15.5. The van der Waals surface area contributed by atoms with Gasteiger partial charge in [0.25, 0.3) is 11.8 Å². The highest BCUT2D eigenvalue weighted by Gasteiger charge is 2.20. The third kappa shape index (κ3) is 6.09. The van der Waals surface area contributed by atoms with Gasteiger partial charge in [0.1, 0.15) is 11.4 Å². The molecule has 1 heterocycles. The summed E-state index contributed by atoms with van der Waals surface area (Å²) >= 11 is 0. The van der Waals surface area contributed by atoms with Crippen molar-refractivity contribution in [1.29, 1.82) is 0 Å². The van der Waals surface area contributed by atoms with E-state index in [4.69, 9.17) is 9.15 Å². The molecule has 1 aromatic heterocycles. The fraction of sp³-hybridized carbons (Fsp3) is 0.125. The van der Waals surface area contributed by atoms with Crippen LogP contribution >= 0.6 is 0 Å². The molecule has 0 aliphatic heterocycles. The summed E-state index contributed by atoms with van der Waals surface area (Å²) in [7, 11) is 1.53. The Morgan fingerprint density at radius 3 is 2.34 bits per heavy atom. The van der Waals surface area contributed by atoms with Gasteiger partial charge in [-0.2, -0.15) is 0 Å². The number of carboxylic acid groups (broad SMARTS) is 1. The zero-order valence-electron chi connectivity index (χ0n) is 17.2. The van der Waals surface area contributed by atoms with Crippen LogP contribution in [0.4, 0.5) is 0 Å². The maximum atomic E-state index is 12.9. The number of carbonyl (C=O) groups excluding carboxylic acids is 3. The molecule has 3 aromatic rings. The molecule has 164 valence electrons. The molecule has 2 amide bonds. The number of rotatable bonds is 9. The molecular weight excluding hydrogens is 412 g/mol. The SMILES string of the molecule is COc1ccc(/C=C(\NC(=O)c2ccco2)C(=O)N[C@@H](Cc2ccccc2)C(=O)[O-])cc1. The van der Waals surface area contributed by atoms with Crippen LogP contribution in [0.15, 0.2) is 83.1 Å². The number of hydrogen-bond acceptors (Lipinski definition) is 6. The largest absolute Gasteiger partial charge is 0.548 e. The van der Waals surface area contributed by atoms with Gasteiger partial charge in [0, 0.05) is 0 Å². The van der Waals surface area contributed by atoms with Crippen molar-refractivity contribution in [3.63, 3.8) is 0 Å². The number of amides is 2. The lowest BCUT2D eigenvalue weighted by Crippen LogP contribution is -2.50. The quantitative estimate of drug-likeness (QED) is 0.494. The Labute approximate surface area is 184 Å². The maximum Gasteiger partial charge on any atom is 0.291 e. The van der Waals surface area contributed by atoms with Crippen LogP contribution in [-0.2, 0) is 16.0 Å². The molecule has 0 spiro atoms. The Hall–Kier alpha value is -4.33. The van der Waals surface area contributed by atoms with Gasteiger partial charge in [-0.15, -0.1) is 0 Å². The van der Waals surface area contributed by atoms with Crippen molar-refractivity contribution in [3.05, 3.63) is 95.6 Å². The molecule has 8 heteroatoms. The second-order valence-corrected chi connectivity index (χ2v) is 6.80. The minimum absolute atomic E-state index is 0.000771. The molecule has 0 saturated heterocycles. The van der Waals surface area contributed by atoms with E-state index >= 15 is 0 Å². The first kappa shape index (κ1) is 22.4. The van der Waals surface area contributed by atoms with Gasteiger partial charge in [-0.25, -0.2) is 0 Å². The lowest BCUT2D eigenvalue weighted by Gasteiger charge is -2.21. The van der Waals surface area contributed by atoms with Gasteiger partial charge in [0.2, 0.25) is 0 Å². The average molecular weight is 433 g/mol. The minimum Gasteiger partial charge on any atom is -0.548 e. The Kier molecular flexibility index (Phi) is 7.42. The summed E-state index contributed by atoms with van der Waals surface area (Å²) in [5.74, 6) is -2.26. The van der Waals surface area contributed by atoms with E-state index in [-0.39, 0.29) is 17.9 Å². The third-order valence-corrected chi connectivity index (χ3v) is 4.54. The van der Waals surface area contributed by atoms with Crippen LogP contribution in [0.1, 0.15) is 21.7 Å². The van der Waals surface area contributed by atoms with Gasteiger partial charge < -0.3 is 29.7 Å². The first-order valence-corrected chi connectivity index (χ1v) is 9.72. The van der Waals surface area contributed by atoms with Crippen molar-refractivity contribution in [2.45, 2.75) is 12.5 Å². The molecule has 32 heavy (non-hydrogen) atoms. The Balaban J connectivity index is 1.84. The molecule has 0 unspecified atom stereocenters. The Morgan fingerprint density at radius 2 is 1.75 bits per heavy atom. The number of methoxy groups -OCH3 is 1. The second-order valence-electron chi connectivity index (χ2n) is 6.80. The monoisotopic (exact) mass is 433 g/mol. The van der Waals surface area contributed by atoms with Crippen molar-refractivity contribution in [2.24, 2.45) is 0 Å².